The lowest BCUT2D eigenvalue weighted by Crippen LogP contribution is -2.11. The van der Waals surface area contributed by atoms with Crippen molar-refractivity contribution >= 4 is 9.73 Å². The SMILES string of the molecule is CC(c1ccc(C(F)(F)F)nc1)S(C)(=O)=[15N][13C]#[15N]. The van der Waals surface area contributed by atoms with E-state index in [1.54, 1.807) is 0 Å². The Morgan fingerprint density at radius 3 is 2.50 bits per heavy atom. The van der Waals surface area contributed by atoms with Crippen LogP contribution in [-0.4, -0.2) is 15.4 Å². The van der Waals surface area contributed by atoms with Crippen molar-refractivity contribution in [1.29, 1.82) is 5.26 Å². The number of halogens is 3. The molecule has 2 atom stereocenters. The zero-order valence-corrected chi connectivity index (χ0v) is 10.4. The van der Waals surface area contributed by atoms with Gasteiger partial charge in [0.15, 0.2) is 0 Å². The molecule has 1 aromatic heterocycles. The van der Waals surface area contributed by atoms with Crippen molar-refractivity contribution in [1.82, 2.24) is 4.98 Å². The molecule has 0 aliphatic carbocycles. The van der Waals surface area contributed by atoms with E-state index >= 15 is 0 Å². The summed E-state index contributed by atoms with van der Waals surface area (Å²) in [7, 11) is -2.82. The Hall–Kier alpha value is -1.62. The first kappa shape index (κ1) is 14.4. The molecule has 18 heavy (non-hydrogen) atoms. The second-order valence-electron chi connectivity index (χ2n) is 3.67. The Kier molecular flexibility index (Phi) is 3.96. The van der Waals surface area contributed by atoms with E-state index in [0.717, 1.165) is 12.3 Å². The molecule has 0 radical (unpaired) electrons. The van der Waals surface area contributed by atoms with E-state index in [-0.39, 0.29) is 0 Å². The molecule has 0 aliphatic heterocycles. The molecule has 0 amide bonds. The Morgan fingerprint density at radius 1 is 1.50 bits per heavy atom. The second-order valence-corrected chi connectivity index (χ2v) is 6.28. The summed E-state index contributed by atoms with van der Waals surface area (Å²) in [5.41, 5.74) is -0.673. The van der Waals surface area contributed by atoms with Gasteiger partial charge < -0.3 is 0 Å². The van der Waals surface area contributed by atoms with Crippen molar-refractivity contribution < 1.29 is 17.4 Å². The third-order valence-corrected chi connectivity index (χ3v) is 4.45. The molecular weight excluding hydrogens is 270 g/mol. The molecule has 0 spiro atoms. The highest BCUT2D eigenvalue weighted by Crippen LogP contribution is 2.29. The van der Waals surface area contributed by atoms with Gasteiger partial charge in [-0.3, -0.25) is 4.98 Å². The number of aromatic nitrogens is 1. The number of nitriles is 1. The highest BCUT2D eigenvalue weighted by atomic mass is 32.2. The van der Waals surface area contributed by atoms with Crippen molar-refractivity contribution in [2.45, 2.75) is 18.3 Å². The minimum absolute atomic E-state index is 0.342. The molecule has 98 valence electrons. The molecule has 0 aromatic carbocycles. The molecule has 8 heteroatoms. The lowest BCUT2D eigenvalue weighted by molar-refractivity contribution is -0.141. The molecule has 1 heterocycles. The number of hydrogen-bond donors (Lipinski definition) is 0. The normalized spacial score (nSPS) is 16.4. The number of rotatable bonds is 2. The first-order valence-corrected chi connectivity index (χ1v) is 6.79. The number of pyridine rings is 1. The summed E-state index contributed by atoms with van der Waals surface area (Å²) in [4.78, 5) is 3.27. The maximum absolute atomic E-state index is 12.3. The van der Waals surface area contributed by atoms with Crippen molar-refractivity contribution in [3.63, 3.8) is 0 Å². The summed E-state index contributed by atoms with van der Waals surface area (Å²) >= 11 is 0. The maximum Gasteiger partial charge on any atom is 0.433 e. The first-order chi connectivity index (χ1) is 8.18. The largest absolute Gasteiger partial charge is 0.433 e. The van der Waals surface area contributed by atoms with E-state index in [1.807, 2.05) is 0 Å². The van der Waals surface area contributed by atoms with Crippen LogP contribution in [0.15, 0.2) is 22.7 Å². The number of nitrogens with zero attached hydrogens (tertiary/aromatic N) is 3. The van der Waals surface area contributed by atoms with Gasteiger partial charge in [0.1, 0.15) is 5.69 Å². The van der Waals surface area contributed by atoms with Gasteiger partial charge in [-0.05, 0) is 18.6 Å². The fourth-order valence-corrected chi connectivity index (χ4v) is 2.19. The summed E-state index contributed by atoms with van der Waals surface area (Å²) < 4.78 is 52.1. The Labute approximate surface area is 103 Å². The lowest BCUT2D eigenvalue weighted by atomic mass is 10.2. The van der Waals surface area contributed by atoms with Gasteiger partial charge in [0.2, 0.25) is 6.19 Å². The molecule has 2 unspecified atom stereocenters. The Balaban J connectivity index is 3.12. The molecular formula is C10H10F3N3OS. The summed E-state index contributed by atoms with van der Waals surface area (Å²) in [6.07, 6.45) is -0.784. The van der Waals surface area contributed by atoms with E-state index in [1.165, 1.54) is 25.4 Å². The Morgan fingerprint density at radius 2 is 2.11 bits per heavy atom. The van der Waals surface area contributed by atoms with Gasteiger partial charge in [-0.25, -0.2) is 4.21 Å². The van der Waals surface area contributed by atoms with Crippen LogP contribution >= 0.6 is 0 Å². The van der Waals surface area contributed by atoms with Crippen LogP contribution in [0.5, 0.6) is 0 Å². The van der Waals surface area contributed by atoms with Gasteiger partial charge in [0.05, 0.1) is 15.0 Å². The molecule has 0 bridgehead atoms. The maximum atomic E-state index is 12.3. The van der Waals surface area contributed by atoms with Crippen LogP contribution in [0.4, 0.5) is 13.2 Å². The lowest BCUT2D eigenvalue weighted by Gasteiger charge is -2.13. The van der Waals surface area contributed by atoms with E-state index in [2.05, 4.69) is 9.35 Å². The van der Waals surface area contributed by atoms with Gasteiger partial charge in [0.25, 0.3) is 0 Å². The average Bonchev–Trinajstić information content (AvgIpc) is 2.27. The fourth-order valence-electron chi connectivity index (χ4n) is 1.23. The van der Waals surface area contributed by atoms with Crippen molar-refractivity contribution in [3.8, 4) is 6.19 Å². The van der Waals surface area contributed by atoms with Crippen molar-refractivity contribution in [2.24, 2.45) is 4.36 Å². The topological polar surface area (TPSA) is 66.1 Å². The highest BCUT2D eigenvalue weighted by Gasteiger charge is 2.32. The summed E-state index contributed by atoms with van der Waals surface area (Å²) in [6.45, 7) is 1.52. The average molecular weight is 280 g/mol. The summed E-state index contributed by atoms with van der Waals surface area (Å²) in [5.74, 6) is 0. The van der Waals surface area contributed by atoms with Gasteiger partial charge in [-0.1, -0.05) is 6.07 Å². The van der Waals surface area contributed by atoms with Crippen molar-refractivity contribution in [2.75, 3.05) is 6.26 Å². The van der Waals surface area contributed by atoms with E-state index in [0.29, 0.717) is 5.56 Å². The summed E-state index contributed by atoms with van der Waals surface area (Å²) in [5, 5.41) is 7.71. The van der Waals surface area contributed by atoms with Crippen molar-refractivity contribution in [3.05, 3.63) is 29.6 Å². The van der Waals surface area contributed by atoms with Crippen LogP contribution in [0.1, 0.15) is 23.4 Å². The standard InChI is InChI=1S/C10H10F3N3OS/c1-7(18(2,17)16-6-14)8-3-4-9(15-5-8)10(11,12)13/h3-5,7H,1-2H3/i6+1,14+1,16+1. The van der Waals surface area contributed by atoms with Crippen LogP contribution in [0.3, 0.4) is 0 Å². The fraction of sp³-hybridized carbons (Fsp3) is 0.400. The zero-order chi connectivity index (χ0) is 14.0. The first-order valence-electron chi connectivity index (χ1n) is 4.80. The third-order valence-electron chi connectivity index (χ3n) is 2.42. The Bertz CT molecular complexity index is 580. The number of hydrogen-bond acceptors (Lipinski definition) is 4. The quantitative estimate of drug-likeness (QED) is 0.475. The highest BCUT2D eigenvalue weighted by molar-refractivity contribution is 7.93. The monoisotopic (exact) mass is 280 g/mol. The molecule has 4 nitrogen and oxygen atoms in total. The summed E-state index contributed by atoms with van der Waals surface area (Å²) in [6, 6.07) is 2.00. The van der Waals surface area contributed by atoms with E-state index in [4.69, 9.17) is 5.26 Å². The molecule has 0 N–H and O–H groups in total. The zero-order valence-electron chi connectivity index (χ0n) is 9.60. The smallest absolute Gasteiger partial charge is 0.251 e. The predicted octanol–water partition coefficient (Wildman–Crippen LogP) is 2.74. The molecule has 0 saturated carbocycles. The van der Waals surface area contributed by atoms with Crippen LogP contribution in [0.25, 0.3) is 0 Å². The number of alkyl halides is 3. The molecule has 0 aliphatic rings. The van der Waals surface area contributed by atoms with Crippen LogP contribution in [0.2, 0.25) is 0 Å². The molecule has 0 fully saturated rings. The molecule has 1 rings (SSSR count). The minimum Gasteiger partial charge on any atom is -0.251 e. The third kappa shape index (κ3) is 3.20. The second kappa shape index (κ2) is 4.94. The van der Waals surface area contributed by atoms with Gasteiger partial charge >= 0.3 is 6.18 Å². The van der Waals surface area contributed by atoms with Gasteiger partial charge in [-0.2, -0.15) is 18.4 Å². The van der Waals surface area contributed by atoms with Crippen LogP contribution in [-0.2, 0) is 15.9 Å². The van der Waals surface area contributed by atoms with Gasteiger partial charge in [-0.15, -0.1) is 4.36 Å². The predicted molar refractivity (Wildman–Crippen MR) is 59.8 cm³/mol. The molecule has 1 aromatic rings. The van der Waals surface area contributed by atoms with E-state index in [9.17, 15) is 17.4 Å². The van der Waals surface area contributed by atoms with E-state index < -0.39 is 26.8 Å². The minimum atomic E-state index is -4.51. The molecule has 0 saturated heterocycles. The van der Waals surface area contributed by atoms with Crippen LogP contribution < -0.4 is 0 Å². The van der Waals surface area contributed by atoms with Gasteiger partial charge in [0, 0.05) is 12.5 Å². The van der Waals surface area contributed by atoms with Crippen LogP contribution in [0, 0.1) is 11.5 Å².